The van der Waals surface area contributed by atoms with E-state index in [0.29, 0.717) is 5.56 Å². The lowest BCUT2D eigenvalue weighted by Gasteiger charge is -2.47. The first-order valence-electron chi connectivity index (χ1n) is 9.51. The quantitative estimate of drug-likeness (QED) is 0.323. The third kappa shape index (κ3) is 4.16. The summed E-state index contributed by atoms with van der Waals surface area (Å²) in [6.45, 7) is 0.209. The van der Waals surface area contributed by atoms with E-state index in [9.17, 15) is 4.79 Å². The molecule has 2 fully saturated rings. The zero-order valence-electron chi connectivity index (χ0n) is 16.2. The van der Waals surface area contributed by atoms with Crippen molar-refractivity contribution in [3.05, 3.63) is 82.2 Å². The molecule has 4 rings (SSSR count). The molecule has 9 nitrogen and oxygen atoms in total. The molecule has 2 aromatic rings. The van der Waals surface area contributed by atoms with E-state index in [1.807, 2.05) is 30.3 Å². The second-order valence-corrected chi connectivity index (χ2v) is 6.89. The third-order valence-corrected chi connectivity index (χ3v) is 5.05. The Labute approximate surface area is 173 Å². The van der Waals surface area contributed by atoms with Crippen molar-refractivity contribution >= 4 is 5.97 Å². The van der Waals surface area contributed by atoms with E-state index in [-0.39, 0.29) is 6.61 Å². The number of esters is 1. The minimum absolute atomic E-state index is 0.209. The minimum atomic E-state index is -0.991. The molecule has 6 atom stereocenters. The average molecular weight is 411 g/mol. The van der Waals surface area contributed by atoms with Crippen molar-refractivity contribution in [2.24, 2.45) is 5.11 Å². The summed E-state index contributed by atoms with van der Waals surface area (Å²) in [5.74, 6) is -0.575. The monoisotopic (exact) mass is 411 g/mol. The van der Waals surface area contributed by atoms with Crippen LogP contribution in [0, 0.1) is 0 Å². The van der Waals surface area contributed by atoms with Gasteiger partial charge in [-0.2, -0.15) is 0 Å². The second-order valence-electron chi connectivity index (χ2n) is 6.89. The standard InChI is InChI=1S/C21H21N3O6/c1-26-21-18(29-19(25)13-8-4-2-5-9-13)16(23-24-22)17-15(28-21)12-27-20(30-17)14-10-6-3-7-11-14/h2-11,15-18,20-21H,12H2,1H3/t15-,16-,17-,18-,20-,21+/m1/s1. The summed E-state index contributed by atoms with van der Waals surface area (Å²) < 4.78 is 28.8. The van der Waals surface area contributed by atoms with Crippen LogP contribution in [0.3, 0.4) is 0 Å². The number of fused-ring (bicyclic) bond motifs is 1. The fraction of sp³-hybridized carbons (Fsp3) is 0.381. The first-order valence-corrected chi connectivity index (χ1v) is 9.51. The molecule has 0 saturated carbocycles. The molecule has 0 radical (unpaired) electrons. The molecule has 2 aromatic carbocycles. The van der Waals surface area contributed by atoms with Gasteiger partial charge < -0.3 is 23.7 Å². The van der Waals surface area contributed by atoms with Crippen LogP contribution in [0.15, 0.2) is 65.8 Å². The highest BCUT2D eigenvalue weighted by molar-refractivity contribution is 5.89. The van der Waals surface area contributed by atoms with Crippen LogP contribution < -0.4 is 0 Å². The Kier molecular flexibility index (Phi) is 6.27. The van der Waals surface area contributed by atoms with Gasteiger partial charge in [-0.1, -0.05) is 53.6 Å². The highest BCUT2D eigenvalue weighted by atomic mass is 16.8. The van der Waals surface area contributed by atoms with Crippen LogP contribution in [-0.2, 0) is 23.7 Å². The molecule has 156 valence electrons. The summed E-state index contributed by atoms with van der Waals surface area (Å²) in [6, 6.07) is 17.1. The molecule has 0 N–H and O–H groups in total. The third-order valence-electron chi connectivity index (χ3n) is 5.05. The number of hydrogen-bond donors (Lipinski definition) is 0. The van der Waals surface area contributed by atoms with Crippen LogP contribution in [0.25, 0.3) is 10.4 Å². The molecule has 2 aliphatic rings. The molecule has 2 saturated heterocycles. The van der Waals surface area contributed by atoms with E-state index >= 15 is 0 Å². The maximum Gasteiger partial charge on any atom is 0.338 e. The Morgan fingerprint density at radius 2 is 1.80 bits per heavy atom. The van der Waals surface area contributed by atoms with Gasteiger partial charge in [-0.15, -0.1) is 0 Å². The van der Waals surface area contributed by atoms with Crippen LogP contribution in [0.1, 0.15) is 22.2 Å². The van der Waals surface area contributed by atoms with Gasteiger partial charge in [-0.25, -0.2) is 4.79 Å². The molecular formula is C21H21N3O6. The lowest BCUT2D eigenvalue weighted by Crippen LogP contribution is -2.62. The van der Waals surface area contributed by atoms with Gasteiger partial charge in [0, 0.05) is 17.6 Å². The lowest BCUT2D eigenvalue weighted by molar-refractivity contribution is -0.337. The molecule has 0 bridgehead atoms. The maximum atomic E-state index is 12.6. The Balaban J connectivity index is 1.59. The van der Waals surface area contributed by atoms with E-state index in [4.69, 9.17) is 29.2 Å². The number of carbonyl (C=O) groups is 1. The van der Waals surface area contributed by atoms with Crippen LogP contribution in [0.5, 0.6) is 0 Å². The van der Waals surface area contributed by atoms with Crippen molar-refractivity contribution in [2.75, 3.05) is 13.7 Å². The Bertz CT molecular complexity index is 905. The summed E-state index contributed by atoms with van der Waals surface area (Å²) in [6.07, 6.45) is -3.81. The van der Waals surface area contributed by atoms with Crippen LogP contribution >= 0.6 is 0 Å². The van der Waals surface area contributed by atoms with Gasteiger partial charge in [0.25, 0.3) is 0 Å². The molecule has 0 amide bonds. The molecule has 9 heteroatoms. The summed E-state index contributed by atoms with van der Waals surface area (Å²) in [7, 11) is 1.43. The molecule has 30 heavy (non-hydrogen) atoms. The van der Waals surface area contributed by atoms with Crippen LogP contribution in [0.4, 0.5) is 0 Å². The fourth-order valence-electron chi connectivity index (χ4n) is 3.62. The van der Waals surface area contributed by atoms with Gasteiger partial charge in [0.05, 0.1) is 12.2 Å². The van der Waals surface area contributed by atoms with Gasteiger partial charge in [-0.05, 0) is 17.7 Å². The first-order chi connectivity index (χ1) is 14.7. The van der Waals surface area contributed by atoms with E-state index in [1.54, 1.807) is 30.3 Å². The number of nitrogens with zero attached hydrogens (tertiary/aromatic N) is 3. The van der Waals surface area contributed by atoms with Gasteiger partial charge in [-0.3, -0.25) is 0 Å². The van der Waals surface area contributed by atoms with Crippen molar-refractivity contribution in [3.63, 3.8) is 0 Å². The molecule has 0 unspecified atom stereocenters. The zero-order chi connectivity index (χ0) is 20.9. The second kappa shape index (κ2) is 9.25. The van der Waals surface area contributed by atoms with Gasteiger partial charge >= 0.3 is 5.97 Å². The minimum Gasteiger partial charge on any atom is -0.453 e. The number of hydrogen-bond acceptors (Lipinski definition) is 7. The predicted octanol–water partition coefficient (Wildman–Crippen LogP) is 3.38. The van der Waals surface area contributed by atoms with E-state index in [1.165, 1.54) is 7.11 Å². The van der Waals surface area contributed by atoms with E-state index in [2.05, 4.69) is 10.0 Å². The fourth-order valence-corrected chi connectivity index (χ4v) is 3.62. The highest BCUT2D eigenvalue weighted by Crippen LogP contribution is 2.36. The number of benzene rings is 2. The van der Waals surface area contributed by atoms with Crippen LogP contribution in [-0.4, -0.2) is 50.3 Å². The zero-order valence-corrected chi connectivity index (χ0v) is 16.2. The Hall–Kier alpha value is -2.94. The lowest BCUT2D eigenvalue weighted by atomic mass is 9.95. The molecular weight excluding hydrogens is 390 g/mol. The predicted molar refractivity (Wildman–Crippen MR) is 104 cm³/mol. The average Bonchev–Trinajstić information content (AvgIpc) is 2.81. The smallest absolute Gasteiger partial charge is 0.338 e. The number of methoxy groups -OCH3 is 1. The SMILES string of the molecule is CO[C@H]1O[C@@H]2CO[C@@H](c3ccccc3)O[C@H]2[C@@H](N=[N+]=[N-])[C@H]1OC(=O)c1ccccc1. The largest absolute Gasteiger partial charge is 0.453 e. The van der Waals surface area contributed by atoms with E-state index in [0.717, 1.165) is 5.56 Å². The summed E-state index contributed by atoms with van der Waals surface area (Å²) in [4.78, 5) is 15.6. The normalized spacial score (nSPS) is 30.6. The number of azide groups is 1. The van der Waals surface area contributed by atoms with Crippen molar-refractivity contribution in [1.29, 1.82) is 0 Å². The summed E-state index contributed by atoms with van der Waals surface area (Å²) >= 11 is 0. The number of carbonyl (C=O) groups excluding carboxylic acids is 1. The van der Waals surface area contributed by atoms with Gasteiger partial charge in [0.15, 0.2) is 18.7 Å². The van der Waals surface area contributed by atoms with Crippen LogP contribution in [0.2, 0.25) is 0 Å². The molecule has 0 spiro atoms. The summed E-state index contributed by atoms with van der Waals surface area (Å²) in [5.41, 5.74) is 10.4. The van der Waals surface area contributed by atoms with Gasteiger partial charge in [0.2, 0.25) is 0 Å². The molecule has 0 aliphatic carbocycles. The van der Waals surface area contributed by atoms with Crippen molar-refractivity contribution < 1.29 is 28.5 Å². The highest BCUT2D eigenvalue weighted by Gasteiger charge is 2.51. The van der Waals surface area contributed by atoms with E-state index < -0.39 is 42.9 Å². The molecule has 0 aromatic heterocycles. The Morgan fingerprint density at radius 1 is 1.10 bits per heavy atom. The van der Waals surface area contributed by atoms with Crippen molar-refractivity contribution in [2.45, 2.75) is 36.9 Å². The molecule has 2 heterocycles. The van der Waals surface area contributed by atoms with Crippen molar-refractivity contribution in [3.8, 4) is 0 Å². The first kappa shape index (κ1) is 20.3. The van der Waals surface area contributed by atoms with Crippen molar-refractivity contribution in [1.82, 2.24) is 0 Å². The number of rotatable bonds is 5. The Morgan fingerprint density at radius 3 is 2.47 bits per heavy atom. The topological polar surface area (TPSA) is 112 Å². The summed E-state index contributed by atoms with van der Waals surface area (Å²) in [5, 5.41) is 3.89. The number of ether oxygens (including phenoxy) is 5. The van der Waals surface area contributed by atoms with Gasteiger partial charge in [0.1, 0.15) is 18.2 Å². The maximum absolute atomic E-state index is 12.6. The molecule has 2 aliphatic heterocycles.